The number of aromatic nitrogens is 2. The van der Waals surface area contributed by atoms with E-state index in [-0.39, 0.29) is 11.4 Å². The Kier molecular flexibility index (Phi) is 3.38. The number of hydrogen-bond donors (Lipinski definition) is 3. The summed E-state index contributed by atoms with van der Waals surface area (Å²) in [7, 11) is 1.33. The van der Waals surface area contributed by atoms with Crippen molar-refractivity contribution < 1.29 is 14.3 Å². The summed E-state index contributed by atoms with van der Waals surface area (Å²) in [6.45, 7) is 0. The molecule has 1 aliphatic carbocycles. The van der Waals surface area contributed by atoms with Crippen molar-refractivity contribution in [3.63, 3.8) is 0 Å². The van der Waals surface area contributed by atoms with E-state index in [0.717, 1.165) is 29.7 Å². The number of thiophene rings is 1. The molecule has 8 heteroatoms. The molecule has 2 heterocycles. The van der Waals surface area contributed by atoms with Gasteiger partial charge in [-0.1, -0.05) is 0 Å². The van der Waals surface area contributed by atoms with Gasteiger partial charge in [0.2, 0.25) is 0 Å². The van der Waals surface area contributed by atoms with Crippen molar-refractivity contribution in [1.29, 1.82) is 0 Å². The van der Waals surface area contributed by atoms with Crippen LogP contribution in [0.1, 0.15) is 37.7 Å². The summed E-state index contributed by atoms with van der Waals surface area (Å²) in [4.78, 5) is 25.3. The standard InChI is InChI=1S/C13H14N4O3S/c1-20-13(19)9-6-3-2-4-8(6)21-12(9)16-11(18)10-7(14)5-15-17-10/h5H,2-4,14H2,1H3,(H,15,17)(H,16,18). The van der Waals surface area contributed by atoms with Crippen LogP contribution < -0.4 is 11.1 Å². The van der Waals surface area contributed by atoms with Crippen LogP contribution in [0.2, 0.25) is 0 Å². The maximum atomic E-state index is 12.2. The smallest absolute Gasteiger partial charge is 0.341 e. The van der Waals surface area contributed by atoms with Crippen LogP contribution in [0.5, 0.6) is 0 Å². The largest absolute Gasteiger partial charge is 0.465 e. The van der Waals surface area contributed by atoms with Gasteiger partial charge < -0.3 is 15.8 Å². The van der Waals surface area contributed by atoms with Gasteiger partial charge in [-0.3, -0.25) is 9.89 Å². The van der Waals surface area contributed by atoms with Gasteiger partial charge in [-0.2, -0.15) is 5.10 Å². The van der Waals surface area contributed by atoms with E-state index in [2.05, 4.69) is 15.5 Å². The first-order valence-corrected chi connectivity index (χ1v) is 7.26. The second-order valence-electron chi connectivity index (χ2n) is 4.71. The average molecular weight is 306 g/mol. The molecule has 0 saturated heterocycles. The van der Waals surface area contributed by atoms with Crippen molar-refractivity contribution in [2.24, 2.45) is 0 Å². The van der Waals surface area contributed by atoms with E-state index in [4.69, 9.17) is 10.5 Å². The topological polar surface area (TPSA) is 110 Å². The summed E-state index contributed by atoms with van der Waals surface area (Å²) in [6.07, 6.45) is 4.14. The Morgan fingerprint density at radius 3 is 2.95 bits per heavy atom. The van der Waals surface area contributed by atoms with E-state index in [1.165, 1.54) is 24.6 Å². The number of aromatic amines is 1. The predicted molar refractivity (Wildman–Crippen MR) is 78.6 cm³/mol. The van der Waals surface area contributed by atoms with Gasteiger partial charge in [-0.05, 0) is 24.8 Å². The fraction of sp³-hybridized carbons (Fsp3) is 0.308. The molecule has 110 valence electrons. The van der Waals surface area contributed by atoms with Crippen LogP contribution in [-0.2, 0) is 17.6 Å². The summed E-state index contributed by atoms with van der Waals surface area (Å²) in [5.41, 5.74) is 7.53. The SMILES string of the molecule is COC(=O)c1c(NC(=O)c2[nH]ncc2N)sc2c1CCC2. The van der Waals surface area contributed by atoms with Gasteiger partial charge in [0.1, 0.15) is 10.7 Å². The minimum Gasteiger partial charge on any atom is -0.465 e. The molecule has 3 rings (SSSR count). The number of nitrogen functional groups attached to an aromatic ring is 1. The Morgan fingerprint density at radius 1 is 1.48 bits per heavy atom. The first-order valence-electron chi connectivity index (χ1n) is 6.45. The molecule has 0 bridgehead atoms. The first kappa shape index (κ1) is 13.6. The molecule has 2 aromatic rings. The third-order valence-electron chi connectivity index (χ3n) is 3.43. The predicted octanol–water partition coefficient (Wildman–Crippen LogP) is 1.58. The minimum atomic E-state index is -0.428. The lowest BCUT2D eigenvalue weighted by molar-refractivity contribution is 0.0601. The number of amides is 1. The van der Waals surface area contributed by atoms with E-state index in [9.17, 15) is 9.59 Å². The lowest BCUT2D eigenvalue weighted by atomic mass is 10.1. The number of nitrogens with zero attached hydrogens (tertiary/aromatic N) is 1. The molecule has 0 radical (unpaired) electrons. The second-order valence-corrected chi connectivity index (χ2v) is 5.81. The van der Waals surface area contributed by atoms with E-state index in [1.54, 1.807) is 0 Å². The quantitative estimate of drug-likeness (QED) is 0.746. The minimum absolute atomic E-state index is 0.180. The number of fused-ring (bicyclic) bond motifs is 1. The third kappa shape index (κ3) is 2.27. The lowest BCUT2D eigenvalue weighted by Crippen LogP contribution is -2.16. The molecule has 21 heavy (non-hydrogen) atoms. The van der Waals surface area contributed by atoms with Crippen molar-refractivity contribution in [2.75, 3.05) is 18.2 Å². The number of nitrogens with one attached hydrogen (secondary N) is 2. The molecule has 4 N–H and O–H groups in total. The van der Waals surface area contributed by atoms with Crippen LogP contribution in [0.3, 0.4) is 0 Å². The average Bonchev–Trinajstić information content (AvgIpc) is 3.13. The number of hydrogen-bond acceptors (Lipinski definition) is 6. The zero-order valence-electron chi connectivity index (χ0n) is 11.4. The normalized spacial score (nSPS) is 13.0. The molecule has 1 amide bonds. The molecule has 0 aromatic carbocycles. The number of esters is 1. The molecule has 0 unspecified atom stereocenters. The van der Waals surface area contributed by atoms with Crippen molar-refractivity contribution in [1.82, 2.24) is 10.2 Å². The molecule has 0 fully saturated rings. The van der Waals surface area contributed by atoms with Crippen molar-refractivity contribution >= 4 is 33.9 Å². The number of rotatable bonds is 3. The number of ether oxygens (including phenoxy) is 1. The molecule has 1 aliphatic rings. The van der Waals surface area contributed by atoms with Crippen molar-refractivity contribution in [3.8, 4) is 0 Å². The lowest BCUT2D eigenvalue weighted by Gasteiger charge is -2.06. The number of carbonyl (C=O) groups is 2. The molecule has 0 spiro atoms. The number of carbonyl (C=O) groups excluding carboxylic acids is 2. The van der Waals surface area contributed by atoms with E-state index >= 15 is 0 Å². The summed E-state index contributed by atoms with van der Waals surface area (Å²) in [6, 6.07) is 0. The molecule has 7 nitrogen and oxygen atoms in total. The van der Waals surface area contributed by atoms with Crippen LogP contribution in [-0.4, -0.2) is 29.2 Å². The van der Waals surface area contributed by atoms with Gasteiger partial charge in [0.05, 0.1) is 24.6 Å². The fourth-order valence-corrected chi connectivity index (χ4v) is 3.73. The van der Waals surface area contributed by atoms with Crippen LogP contribution in [0.4, 0.5) is 10.7 Å². The number of aryl methyl sites for hydroxylation is 1. The Labute approximate surface area is 124 Å². The summed E-state index contributed by atoms with van der Waals surface area (Å²) in [5, 5.41) is 9.48. The zero-order chi connectivity index (χ0) is 15.0. The Bertz CT molecular complexity index is 719. The van der Waals surface area contributed by atoms with E-state index in [1.807, 2.05) is 0 Å². The third-order valence-corrected chi connectivity index (χ3v) is 4.64. The van der Waals surface area contributed by atoms with Crippen LogP contribution in [0, 0.1) is 0 Å². The van der Waals surface area contributed by atoms with Crippen molar-refractivity contribution in [2.45, 2.75) is 19.3 Å². The highest BCUT2D eigenvalue weighted by molar-refractivity contribution is 7.17. The van der Waals surface area contributed by atoms with Gasteiger partial charge in [-0.15, -0.1) is 11.3 Å². The maximum absolute atomic E-state index is 12.2. The Balaban J connectivity index is 1.94. The van der Waals surface area contributed by atoms with Crippen molar-refractivity contribution in [3.05, 3.63) is 27.9 Å². The molecule has 0 aliphatic heterocycles. The monoisotopic (exact) mass is 306 g/mol. The summed E-state index contributed by atoms with van der Waals surface area (Å²) in [5.74, 6) is -0.850. The molecule has 2 aromatic heterocycles. The summed E-state index contributed by atoms with van der Waals surface area (Å²) >= 11 is 1.42. The Hall–Kier alpha value is -2.35. The van der Waals surface area contributed by atoms with E-state index in [0.29, 0.717) is 10.6 Å². The van der Waals surface area contributed by atoms with Crippen LogP contribution in [0.25, 0.3) is 0 Å². The highest BCUT2D eigenvalue weighted by Gasteiger charge is 2.28. The highest BCUT2D eigenvalue weighted by atomic mass is 32.1. The van der Waals surface area contributed by atoms with Gasteiger partial charge in [0.15, 0.2) is 0 Å². The summed E-state index contributed by atoms with van der Waals surface area (Å²) < 4.78 is 4.83. The molecule has 0 saturated carbocycles. The number of methoxy groups -OCH3 is 1. The zero-order valence-corrected chi connectivity index (χ0v) is 12.2. The molecular formula is C13H14N4O3S. The fourth-order valence-electron chi connectivity index (χ4n) is 2.45. The van der Waals surface area contributed by atoms with Gasteiger partial charge in [0.25, 0.3) is 5.91 Å². The highest BCUT2D eigenvalue weighted by Crippen LogP contribution is 2.39. The number of anilines is 2. The maximum Gasteiger partial charge on any atom is 0.341 e. The second kappa shape index (κ2) is 5.21. The first-order chi connectivity index (χ1) is 10.1. The molecule has 0 atom stereocenters. The van der Waals surface area contributed by atoms with Gasteiger partial charge in [0, 0.05) is 4.88 Å². The number of nitrogens with two attached hydrogens (primary N) is 1. The van der Waals surface area contributed by atoms with Crippen LogP contribution >= 0.6 is 11.3 Å². The van der Waals surface area contributed by atoms with E-state index < -0.39 is 11.9 Å². The van der Waals surface area contributed by atoms with Gasteiger partial charge >= 0.3 is 5.97 Å². The van der Waals surface area contributed by atoms with Crippen LogP contribution in [0.15, 0.2) is 6.20 Å². The molecular weight excluding hydrogens is 292 g/mol. The van der Waals surface area contributed by atoms with Gasteiger partial charge in [-0.25, -0.2) is 4.79 Å². The Morgan fingerprint density at radius 2 is 2.29 bits per heavy atom. The number of H-pyrrole nitrogens is 1.